The number of ether oxygens (including phenoxy) is 2. The topological polar surface area (TPSA) is 70.3 Å². The van der Waals surface area contributed by atoms with E-state index in [1.807, 2.05) is 0 Å². The van der Waals surface area contributed by atoms with Crippen LogP contribution in [-0.4, -0.2) is 43.4 Å². The number of nitrogens with zero attached hydrogens (tertiary/aromatic N) is 2. The van der Waals surface area contributed by atoms with Crippen molar-refractivity contribution in [3.8, 4) is 0 Å². The predicted molar refractivity (Wildman–Crippen MR) is 77.7 cm³/mol. The van der Waals surface area contributed by atoms with Gasteiger partial charge in [-0.25, -0.2) is 9.97 Å². The number of aryl methyl sites for hydroxylation is 2. The molecule has 5 nitrogen and oxygen atoms in total. The van der Waals surface area contributed by atoms with Crippen molar-refractivity contribution in [3.63, 3.8) is 0 Å². The Kier molecular flexibility index (Phi) is 5.88. The second-order valence-corrected chi connectivity index (χ2v) is 5.35. The van der Waals surface area contributed by atoms with Gasteiger partial charge < -0.3 is 15.2 Å². The van der Waals surface area contributed by atoms with Crippen LogP contribution in [-0.2, 0) is 28.7 Å². The van der Waals surface area contributed by atoms with Gasteiger partial charge in [0.25, 0.3) is 0 Å². The summed E-state index contributed by atoms with van der Waals surface area (Å²) in [6, 6.07) is 0. The third-order valence-corrected chi connectivity index (χ3v) is 3.86. The van der Waals surface area contributed by atoms with Gasteiger partial charge in [0, 0.05) is 24.9 Å². The Morgan fingerprint density at radius 2 is 2.10 bits per heavy atom. The number of nitrogens with two attached hydrogens (primary N) is 1. The largest absolute Gasteiger partial charge is 0.382 e. The van der Waals surface area contributed by atoms with Gasteiger partial charge in [0.1, 0.15) is 5.82 Å². The van der Waals surface area contributed by atoms with Crippen LogP contribution >= 0.6 is 0 Å². The first-order valence-electron chi connectivity index (χ1n) is 7.36. The van der Waals surface area contributed by atoms with E-state index in [4.69, 9.17) is 20.2 Å². The quantitative estimate of drug-likeness (QED) is 0.756. The molecule has 0 spiro atoms. The maximum atomic E-state index is 5.78. The summed E-state index contributed by atoms with van der Waals surface area (Å²) in [5.41, 5.74) is 9.42. The van der Waals surface area contributed by atoms with Crippen molar-refractivity contribution in [2.45, 2.75) is 32.6 Å². The Hall–Kier alpha value is -1.04. The molecule has 1 aliphatic carbocycles. The first-order chi connectivity index (χ1) is 9.74. The molecule has 0 saturated heterocycles. The molecule has 0 radical (unpaired) electrons. The average Bonchev–Trinajstić information content (AvgIpc) is 2.47. The van der Waals surface area contributed by atoms with Crippen LogP contribution in [0.4, 0.5) is 0 Å². The molecule has 0 bridgehead atoms. The van der Waals surface area contributed by atoms with Gasteiger partial charge in [-0.1, -0.05) is 0 Å². The average molecular weight is 279 g/mol. The van der Waals surface area contributed by atoms with E-state index in [2.05, 4.69) is 11.9 Å². The van der Waals surface area contributed by atoms with Crippen LogP contribution in [0.5, 0.6) is 0 Å². The van der Waals surface area contributed by atoms with Gasteiger partial charge in [0.2, 0.25) is 0 Å². The third-order valence-electron chi connectivity index (χ3n) is 3.86. The normalized spacial score (nSPS) is 18.1. The molecule has 1 aromatic heterocycles. The van der Waals surface area contributed by atoms with Crippen molar-refractivity contribution in [3.05, 3.63) is 22.8 Å². The molecule has 5 heteroatoms. The SMILES string of the molecule is COCCOCCc1nc(C)c2c(n1)CCC(CN)C2. The molecule has 1 heterocycles. The Morgan fingerprint density at radius 3 is 2.85 bits per heavy atom. The van der Waals surface area contributed by atoms with Gasteiger partial charge in [0.05, 0.1) is 19.8 Å². The van der Waals surface area contributed by atoms with Crippen LogP contribution in [0.3, 0.4) is 0 Å². The molecule has 1 atom stereocenters. The summed E-state index contributed by atoms with van der Waals surface area (Å²) in [5, 5.41) is 0. The van der Waals surface area contributed by atoms with E-state index in [0.29, 0.717) is 25.7 Å². The van der Waals surface area contributed by atoms with Crippen LogP contribution in [0, 0.1) is 12.8 Å². The summed E-state index contributed by atoms with van der Waals surface area (Å²) < 4.78 is 10.4. The lowest BCUT2D eigenvalue weighted by Crippen LogP contribution is -2.24. The van der Waals surface area contributed by atoms with Gasteiger partial charge in [-0.05, 0) is 44.2 Å². The molecule has 20 heavy (non-hydrogen) atoms. The molecular weight excluding hydrogens is 254 g/mol. The lowest BCUT2D eigenvalue weighted by atomic mass is 9.86. The summed E-state index contributed by atoms with van der Waals surface area (Å²) in [6.07, 6.45) is 3.96. The highest BCUT2D eigenvalue weighted by molar-refractivity contribution is 5.28. The molecule has 2 N–H and O–H groups in total. The second kappa shape index (κ2) is 7.67. The lowest BCUT2D eigenvalue weighted by Gasteiger charge is -2.24. The molecule has 0 amide bonds. The van der Waals surface area contributed by atoms with Crippen LogP contribution in [0.25, 0.3) is 0 Å². The zero-order valence-electron chi connectivity index (χ0n) is 12.5. The molecule has 0 aliphatic heterocycles. The highest BCUT2D eigenvalue weighted by Gasteiger charge is 2.21. The molecule has 0 aromatic carbocycles. The minimum Gasteiger partial charge on any atom is -0.382 e. The zero-order valence-corrected chi connectivity index (χ0v) is 12.5. The van der Waals surface area contributed by atoms with E-state index in [0.717, 1.165) is 43.7 Å². The molecule has 2 rings (SSSR count). The Morgan fingerprint density at radius 1 is 1.25 bits per heavy atom. The molecule has 1 aliphatic rings. The van der Waals surface area contributed by atoms with Crippen molar-refractivity contribution >= 4 is 0 Å². The molecule has 0 saturated carbocycles. The van der Waals surface area contributed by atoms with E-state index in [1.165, 1.54) is 11.3 Å². The van der Waals surface area contributed by atoms with Crippen LogP contribution in [0.1, 0.15) is 29.2 Å². The number of fused-ring (bicyclic) bond motifs is 1. The minimum atomic E-state index is 0.591. The maximum Gasteiger partial charge on any atom is 0.131 e. The molecule has 1 unspecified atom stereocenters. The molecule has 0 fully saturated rings. The van der Waals surface area contributed by atoms with E-state index < -0.39 is 0 Å². The van der Waals surface area contributed by atoms with Crippen LogP contribution in [0.2, 0.25) is 0 Å². The maximum absolute atomic E-state index is 5.78. The lowest BCUT2D eigenvalue weighted by molar-refractivity contribution is 0.0716. The highest BCUT2D eigenvalue weighted by Crippen LogP contribution is 2.25. The number of rotatable bonds is 7. The van der Waals surface area contributed by atoms with Gasteiger partial charge in [-0.15, -0.1) is 0 Å². The first-order valence-corrected chi connectivity index (χ1v) is 7.36. The van der Waals surface area contributed by atoms with E-state index in [-0.39, 0.29) is 0 Å². The van der Waals surface area contributed by atoms with Crippen molar-refractivity contribution in [2.24, 2.45) is 11.7 Å². The van der Waals surface area contributed by atoms with Gasteiger partial charge in [-0.3, -0.25) is 0 Å². The predicted octanol–water partition coefficient (Wildman–Crippen LogP) is 1.05. The van der Waals surface area contributed by atoms with Crippen molar-refractivity contribution in [1.82, 2.24) is 9.97 Å². The van der Waals surface area contributed by atoms with E-state index in [9.17, 15) is 0 Å². The van der Waals surface area contributed by atoms with Crippen LogP contribution < -0.4 is 5.73 Å². The highest BCUT2D eigenvalue weighted by atomic mass is 16.5. The smallest absolute Gasteiger partial charge is 0.131 e. The first kappa shape index (κ1) is 15.4. The summed E-state index contributed by atoms with van der Waals surface area (Å²) in [6.45, 7) is 4.73. The molecular formula is C15H25N3O2. The summed E-state index contributed by atoms with van der Waals surface area (Å²) in [4.78, 5) is 9.31. The van der Waals surface area contributed by atoms with Gasteiger partial charge in [-0.2, -0.15) is 0 Å². The standard InChI is InChI=1S/C15H25N3O2/c1-11-13-9-12(10-16)3-4-14(13)18-15(17-11)5-6-20-8-7-19-2/h12H,3-10,16H2,1-2H3. The van der Waals surface area contributed by atoms with E-state index >= 15 is 0 Å². The fraction of sp³-hybridized carbons (Fsp3) is 0.733. The minimum absolute atomic E-state index is 0.591. The third kappa shape index (κ3) is 3.98. The zero-order chi connectivity index (χ0) is 14.4. The fourth-order valence-electron chi connectivity index (χ4n) is 2.64. The summed E-state index contributed by atoms with van der Waals surface area (Å²) >= 11 is 0. The van der Waals surface area contributed by atoms with Gasteiger partial charge in [0.15, 0.2) is 0 Å². The number of methoxy groups -OCH3 is 1. The van der Waals surface area contributed by atoms with Crippen molar-refractivity contribution in [1.29, 1.82) is 0 Å². The number of hydrogen-bond donors (Lipinski definition) is 1. The number of hydrogen-bond acceptors (Lipinski definition) is 5. The van der Waals surface area contributed by atoms with Crippen LogP contribution in [0.15, 0.2) is 0 Å². The summed E-state index contributed by atoms with van der Waals surface area (Å²) in [7, 11) is 1.67. The fourth-order valence-corrected chi connectivity index (χ4v) is 2.64. The van der Waals surface area contributed by atoms with E-state index in [1.54, 1.807) is 7.11 Å². The van der Waals surface area contributed by atoms with Gasteiger partial charge >= 0.3 is 0 Å². The second-order valence-electron chi connectivity index (χ2n) is 5.35. The van der Waals surface area contributed by atoms with Crippen molar-refractivity contribution in [2.75, 3.05) is 33.5 Å². The Balaban J connectivity index is 1.94. The van der Waals surface area contributed by atoms with Crippen molar-refractivity contribution < 1.29 is 9.47 Å². The Labute approximate surface area is 120 Å². The summed E-state index contributed by atoms with van der Waals surface area (Å²) in [5.74, 6) is 1.48. The number of aromatic nitrogens is 2. The molecule has 1 aromatic rings. The Bertz CT molecular complexity index is 437. The molecule has 112 valence electrons. The monoisotopic (exact) mass is 279 g/mol.